The molecule has 1 aliphatic heterocycles. The minimum atomic E-state index is -0.644. The molecule has 0 spiro atoms. The van der Waals surface area contributed by atoms with Crippen molar-refractivity contribution in [3.05, 3.63) is 125 Å². The van der Waals surface area contributed by atoms with Gasteiger partial charge in [0.05, 0.1) is 11.6 Å². The third-order valence-electron chi connectivity index (χ3n) is 6.93. The van der Waals surface area contributed by atoms with Crippen molar-refractivity contribution in [1.82, 2.24) is 19.7 Å². The van der Waals surface area contributed by atoms with Crippen molar-refractivity contribution in [2.45, 2.75) is 44.4 Å². The van der Waals surface area contributed by atoms with Crippen molar-refractivity contribution in [2.75, 3.05) is 13.1 Å². The highest BCUT2D eigenvalue weighted by atomic mass is 16.6. The highest BCUT2D eigenvalue weighted by molar-refractivity contribution is 5.69. The van der Waals surface area contributed by atoms with Gasteiger partial charge in [0.1, 0.15) is 11.9 Å². The number of carbonyl (C=O) groups is 1. The number of likely N-dealkylation sites (tertiary alicyclic amines) is 1. The first-order valence-corrected chi connectivity index (χ1v) is 13.2. The Morgan fingerprint density at radius 1 is 0.897 bits per heavy atom. The summed E-state index contributed by atoms with van der Waals surface area (Å²) in [5, 5.41) is 15.4. The Morgan fingerprint density at radius 2 is 1.41 bits per heavy atom. The zero-order valence-electron chi connectivity index (χ0n) is 22.6. The summed E-state index contributed by atoms with van der Waals surface area (Å²) < 4.78 is 6.49. The van der Waals surface area contributed by atoms with Crippen molar-refractivity contribution in [3.63, 3.8) is 0 Å². The minimum absolute atomic E-state index is 0.349. The monoisotopic (exact) mass is 522 g/mol. The van der Waals surface area contributed by atoms with Crippen molar-refractivity contribution in [3.8, 4) is 0 Å². The first-order chi connectivity index (χ1) is 18.8. The number of piperidine rings is 1. The van der Waals surface area contributed by atoms with Crippen molar-refractivity contribution < 1.29 is 14.6 Å². The maximum atomic E-state index is 12.4. The quantitative estimate of drug-likeness (QED) is 0.349. The Labute approximate surface area is 229 Å². The van der Waals surface area contributed by atoms with E-state index in [1.54, 1.807) is 26.8 Å². The molecular formula is C32H34N4O3. The molecule has 1 saturated heterocycles. The highest BCUT2D eigenvalue weighted by Gasteiger charge is 2.44. The topological polar surface area (TPSA) is 80.5 Å². The molecule has 7 nitrogen and oxygen atoms in total. The summed E-state index contributed by atoms with van der Waals surface area (Å²) in [6.07, 6.45) is 2.43. The molecule has 0 aliphatic carbocycles. The SMILES string of the molecule is CC(C)(C)OC(=O)n1cnc(C=C2CN(C(c3ccccc3)(c3ccccc3)c3ccccc3)CCC2O)n1. The van der Waals surface area contributed by atoms with E-state index in [9.17, 15) is 9.90 Å². The molecule has 2 heterocycles. The van der Waals surface area contributed by atoms with Crippen LogP contribution < -0.4 is 0 Å². The van der Waals surface area contributed by atoms with Crippen LogP contribution in [0, 0.1) is 0 Å². The van der Waals surface area contributed by atoms with Crippen LogP contribution in [-0.4, -0.2) is 55.7 Å². The summed E-state index contributed by atoms with van der Waals surface area (Å²) in [6.45, 7) is 6.57. The van der Waals surface area contributed by atoms with Crippen LogP contribution in [0.5, 0.6) is 0 Å². The molecule has 4 aromatic rings. The summed E-state index contributed by atoms with van der Waals surface area (Å²) in [4.78, 5) is 19.2. The second-order valence-corrected chi connectivity index (χ2v) is 10.8. The van der Waals surface area contributed by atoms with E-state index in [4.69, 9.17) is 4.74 Å². The summed E-state index contributed by atoms with van der Waals surface area (Å²) >= 11 is 0. The number of aliphatic hydroxyl groups is 1. The van der Waals surface area contributed by atoms with Gasteiger partial charge in [0, 0.05) is 13.1 Å². The Morgan fingerprint density at radius 3 is 1.90 bits per heavy atom. The molecule has 0 bridgehead atoms. The lowest BCUT2D eigenvalue weighted by atomic mass is 9.74. The number of nitrogens with zero attached hydrogens (tertiary/aromatic N) is 4. The lowest BCUT2D eigenvalue weighted by Gasteiger charge is -2.48. The van der Waals surface area contributed by atoms with E-state index in [0.717, 1.165) is 26.9 Å². The molecule has 1 atom stereocenters. The zero-order chi connectivity index (χ0) is 27.5. The van der Waals surface area contributed by atoms with Gasteiger partial charge in [0.25, 0.3) is 0 Å². The molecule has 1 N–H and O–H groups in total. The zero-order valence-corrected chi connectivity index (χ0v) is 22.6. The van der Waals surface area contributed by atoms with E-state index < -0.39 is 23.3 Å². The van der Waals surface area contributed by atoms with Gasteiger partial charge in [-0.15, -0.1) is 5.10 Å². The second-order valence-electron chi connectivity index (χ2n) is 10.8. The first-order valence-electron chi connectivity index (χ1n) is 13.2. The van der Waals surface area contributed by atoms with Gasteiger partial charge in [0.2, 0.25) is 0 Å². The molecule has 5 rings (SSSR count). The van der Waals surface area contributed by atoms with E-state index >= 15 is 0 Å². The predicted octanol–water partition coefficient (Wildman–Crippen LogP) is 5.50. The number of ether oxygens (including phenoxy) is 1. The molecule has 3 aromatic carbocycles. The molecule has 0 amide bonds. The lowest BCUT2D eigenvalue weighted by Crippen LogP contribution is -2.52. The number of hydrogen-bond donors (Lipinski definition) is 1. The summed E-state index contributed by atoms with van der Waals surface area (Å²) in [5.41, 5.74) is 2.99. The van der Waals surface area contributed by atoms with Crippen LogP contribution >= 0.6 is 0 Å². The molecular weight excluding hydrogens is 488 g/mol. The Bertz CT molecular complexity index is 1330. The van der Waals surface area contributed by atoms with Gasteiger partial charge in [0.15, 0.2) is 5.82 Å². The van der Waals surface area contributed by atoms with Gasteiger partial charge in [-0.25, -0.2) is 9.78 Å². The number of rotatable bonds is 5. The predicted molar refractivity (Wildman–Crippen MR) is 151 cm³/mol. The van der Waals surface area contributed by atoms with E-state index in [1.807, 2.05) is 18.2 Å². The van der Waals surface area contributed by atoms with Crippen LogP contribution in [0.3, 0.4) is 0 Å². The van der Waals surface area contributed by atoms with E-state index in [1.165, 1.54) is 6.33 Å². The van der Waals surface area contributed by atoms with Crippen molar-refractivity contribution in [2.24, 2.45) is 0 Å². The fourth-order valence-electron chi connectivity index (χ4n) is 5.29. The average molecular weight is 523 g/mol. The number of hydrogen-bond acceptors (Lipinski definition) is 6. The molecule has 1 aliphatic rings. The average Bonchev–Trinajstić information content (AvgIpc) is 3.41. The van der Waals surface area contributed by atoms with Crippen LogP contribution in [0.15, 0.2) is 103 Å². The molecule has 39 heavy (non-hydrogen) atoms. The molecule has 0 saturated carbocycles. The smallest absolute Gasteiger partial charge is 0.436 e. The Kier molecular flexibility index (Phi) is 7.46. The molecule has 0 radical (unpaired) electrons. The molecule has 1 fully saturated rings. The molecule has 1 aromatic heterocycles. The minimum Gasteiger partial charge on any atom is -0.442 e. The Hall–Kier alpha value is -4.07. The largest absolute Gasteiger partial charge is 0.442 e. The standard InChI is InChI=1S/C32H34N4O3/c1-31(2,3)39-30(38)36-23-33-29(34-36)21-24-22-35(20-19-28(24)37)32(25-13-7-4-8-14-25,26-15-9-5-10-16-26)27-17-11-6-12-18-27/h4-18,21,23,28,37H,19-20,22H2,1-3H3. The molecule has 1 unspecified atom stereocenters. The molecule has 7 heteroatoms. The number of aromatic nitrogens is 3. The van der Waals surface area contributed by atoms with Gasteiger partial charge < -0.3 is 9.84 Å². The highest BCUT2D eigenvalue weighted by Crippen LogP contribution is 2.44. The van der Waals surface area contributed by atoms with Crippen LogP contribution in [0.25, 0.3) is 6.08 Å². The third-order valence-corrected chi connectivity index (χ3v) is 6.93. The first kappa shape index (κ1) is 26.5. The van der Waals surface area contributed by atoms with E-state index in [-0.39, 0.29) is 0 Å². The van der Waals surface area contributed by atoms with Crippen LogP contribution in [-0.2, 0) is 10.3 Å². The van der Waals surface area contributed by atoms with E-state index in [0.29, 0.717) is 25.3 Å². The fourth-order valence-corrected chi connectivity index (χ4v) is 5.29. The lowest BCUT2D eigenvalue weighted by molar-refractivity contribution is 0.0514. The fraction of sp³-hybridized carbons (Fsp3) is 0.281. The van der Waals surface area contributed by atoms with Gasteiger partial charge in [-0.2, -0.15) is 4.68 Å². The second kappa shape index (κ2) is 11.0. The van der Waals surface area contributed by atoms with Crippen LogP contribution in [0.4, 0.5) is 4.79 Å². The number of aliphatic hydroxyl groups excluding tert-OH is 1. The maximum Gasteiger partial charge on any atom is 0.436 e. The van der Waals surface area contributed by atoms with Crippen molar-refractivity contribution >= 4 is 12.2 Å². The number of carbonyl (C=O) groups excluding carboxylic acids is 1. The van der Waals surface area contributed by atoms with Crippen molar-refractivity contribution in [1.29, 1.82) is 0 Å². The van der Waals surface area contributed by atoms with Gasteiger partial charge in [-0.1, -0.05) is 91.0 Å². The third kappa shape index (κ3) is 5.55. The summed E-state index contributed by atoms with van der Waals surface area (Å²) in [6, 6.07) is 31.5. The maximum absolute atomic E-state index is 12.4. The Balaban J connectivity index is 1.57. The van der Waals surface area contributed by atoms with Gasteiger partial charge in [-0.3, -0.25) is 4.90 Å². The van der Waals surface area contributed by atoms with Crippen LogP contribution in [0.1, 0.15) is 49.7 Å². The summed E-state index contributed by atoms with van der Waals surface area (Å²) in [7, 11) is 0. The van der Waals surface area contributed by atoms with Gasteiger partial charge in [-0.05, 0) is 55.5 Å². The molecule has 200 valence electrons. The van der Waals surface area contributed by atoms with Gasteiger partial charge >= 0.3 is 6.09 Å². The normalized spacial score (nSPS) is 17.7. The van der Waals surface area contributed by atoms with E-state index in [2.05, 4.69) is 87.8 Å². The number of benzene rings is 3. The van der Waals surface area contributed by atoms with Crippen LogP contribution in [0.2, 0.25) is 0 Å². The summed E-state index contributed by atoms with van der Waals surface area (Å²) in [5.74, 6) is 0.349.